The molecule has 2 aromatic heterocycles. The van der Waals surface area contributed by atoms with Crippen LogP contribution in [0.3, 0.4) is 0 Å². The molecule has 0 aliphatic carbocycles. The zero-order chi connectivity index (χ0) is 17.5. The van der Waals surface area contributed by atoms with E-state index in [1.807, 2.05) is 0 Å². The van der Waals surface area contributed by atoms with Gasteiger partial charge in [0.1, 0.15) is 11.5 Å². The van der Waals surface area contributed by atoms with Crippen molar-refractivity contribution in [2.45, 2.75) is 45.3 Å². The van der Waals surface area contributed by atoms with Gasteiger partial charge in [-0.1, -0.05) is 0 Å². The van der Waals surface area contributed by atoms with Crippen LogP contribution in [0.1, 0.15) is 36.9 Å². The van der Waals surface area contributed by atoms with Gasteiger partial charge in [0.15, 0.2) is 0 Å². The predicted molar refractivity (Wildman–Crippen MR) is 101 cm³/mol. The molecule has 7 nitrogen and oxygen atoms in total. The van der Waals surface area contributed by atoms with Crippen LogP contribution in [0.5, 0.6) is 0 Å². The van der Waals surface area contributed by atoms with Crippen LogP contribution in [0.2, 0.25) is 0 Å². The molecule has 5 heterocycles. The summed E-state index contributed by atoms with van der Waals surface area (Å²) in [5.41, 5.74) is 3.48. The first-order valence-electron chi connectivity index (χ1n) is 9.97. The Kier molecular flexibility index (Phi) is 4.21. The highest BCUT2D eigenvalue weighted by molar-refractivity contribution is 5.94. The van der Waals surface area contributed by atoms with Crippen molar-refractivity contribution in [3.63, 3.8) is 0 Å². The molecule has 2 aromatic rings. The maximum absolute atomic E-state index is 9.64. The zero-order valence-electron chi connectivity index (χ0n) is 15.3. The molecule has 0 radical (unpaired) electrons. The van der Waals surface area contributed by atoms with Crippen LogP contribution in [0.15, 0.2) is 0 Å². The maximum Gasteiger partial charge on any atom is 0.229 e. The Hall–Kier alpha value is -1.86. The Labute approximate surface area is 153 Å². The maximum atomic E-state index is 9.64. The van der Waals surface area contributed by atoms with Crippen molar-refractivity contribution >= 4 is 22.8 Å². The van der Waals surface area contributed by atoms with Crippen molar-refractivity contribution in [2.75, 3.05) is 49.2 Å². The number of nitrogens with zero attached hydrogens (tertiary/aromatic N) is 5. The monoisotopic (exact) mass is 357 g/mol. The lowest BCUT2D eigenvalue weighted by Gasteiger charge is -2.22. The van der Waals surface area contributed by atoms with Crippen LogP contribution in [0.25, 0.3) is 11.0 Å². The summed E-state index contributed by atoms with van der Waals surface area (Å²) in [5.74, 6) is 1.93. The fourth-order valence-electron chi connectivity index (χ4n) is 4.67. The average molecular weight is 357 g/mol. The van der Waals surface area contributed by atoms with Crippen molar-refractivity contribution < 1.29 is 9.84 Å². The number of aliphatic hydroxyl groups is 1. The van der Waals surface area contributed by atoms with Gasteiger partial charge in [0.25, 0.3) is 0 Å². The lowest BCUT2D eigenvalue weighted by molar-refractivity contribution is 0.109. The molecule has 0 bridgehead atoms. The van der Waals surface area contributed by atoms with Gasteiger partial charge in [-0.2, -0.15) is 9.97 Å². The molecular weight excluding hydrogens is 330 g/mol. The Morgan fingerprint density at radius 1 is 0.962 bits per heavy atom. The van der Waals surface area contributed by atoms with Crippen LogP contribution in [-0.2, 0) is 24.3 Å². The zero-order valence-corrected chi connectivity index (χ0v) is 15.3. The van der Waals surface area contributed by atoms with Crippen molar-refractivity contribution in [1.82, 2.24) is 14.5 Å². The van der Waals surface area contributed by atoms with Crippen LogP contribution in [0, 0.1) is 0 Å². The molecule has 3 aliphatic rings. The molecule has 0 amide bonds. The van der Waals surface area contributed by atoms with Crippen molar-refractivity contribution in [3.8, 4) is 0 Å². The normalized spacial score (nSPS) is 20.3. The Balaban J connectivity index is 1.75. The minimum Gasteiger partial charge on any atom is -0.395 e. The van der Waals surface area contributed by atoms with E-state index in [9.17, 15) is 5.11 Å². The summed E-state index contributed by atoms with van der Waals surface area (Å²) in [7, 11) is 0. The third kappa shape index (κ3) is 2.56. The van der Waals surface area contributed by atoms with E-state index in [0.717, 1.165) is 62.0 Å². The van der Waals surface area contributed by atoms with E-state index in [-0.39, 0.29) is 6.61 Å². The molecule has 1 N–H and O–H groups in total. The third-order valence-corrected chi connectivity index (χ3v) is 5.94. The molecule has 0 saturated carbocycles. The highest BCUT2D eigenvalue weighted by atomic mass is 16.5. The molecule has 2 saturated heterocycles. The van der Waals surface area contributed by atoms with Gasteiger partial charge in [-0.05, 0) is 25.7 Å². The Bertz CT molecular complexity index is 806. The first-order valence-corrected chi connectivity index (χ1v) is 9.97. The van der Waals surface area contributed by atoms with Gasteiger partial charge in [-0.3, -0.25) is 0 Å². The predicted octanol–water partition coefficient (Wildman–Crippen LogP) is 1.70. The van der Waals surface area contributed by atoms with E-state index in [4.69, 9.17) is 14.7 Å². The molecule has 140 valence electrons. The summed E-state index contributed by atoms with van der Waals surface area (Å²) in [5, 5.41) is 10.8. The largest absolute Gasteiger partial charge is 0.395 e. The molecule has 3 aliphatic heterocycles. The summed E-state index contributed by atoms with van der Waals surface area (Å²) < 4.78 is 8.00. The second-order valence-electron chi connectivity index (χ2n) is 7.54. The topological polar surface area (TPSA) is 66.7 Å². The van der Waals surface area contributed by atoms with Crippen LogP contribution < -0.4 is 9.80 Å². The smallest absolute Gasteiger partial charge is 0.229 e. The summed E-state index contributed by atoms with van der Waals surface area (Å²) in [6, 6.07) is 0. The van der Waals surface area contributed by atoms with Crippen LogP contribution >= 0.6 is 0 Å². The lowest BCUT2D eigenvalue weighted by atomic mass is 10.1. The van der Waals surface area contributed by atoms with Gasteiger partial charge < -0.3 is 24.2 Å². The SMILES string of the molecule is OCCn1c2c(c3c(N4CCCC4)nc(N4CCCC4)nc31)COCC2. The molecule has 0 aromatic carbocycles. The lowest BCUT2D eigenvalue weighted by Crippen LogP contribution is -2.24. The van der Waals surface area contributed by atoms with Gasteiger partial charge in [-0.25, -0.2) is 0 Å². The first-order chi connectivity index (χ1) is 12.9. The standard InChI is InChI=1S/C19H27N5O2/c25-11-10-24-15-5-12-26-13-14(15)16-17(22-6-1-2-7-22)20-19(21-18(16)24)23-8-3-4-9-23/h25H,1-13H2. The molecule has 0 spiro atoms. The molecule has 7 heteroatoms. The Morgan fingerprint density at radius 3 is 2.42 bits per heavy atom. The quantitative estimate of drug-likeness (QED) is 0.898. The van der Waals surface area contributed by atoms with E-state index in [1.54, 1.807) is 0 Å². The minimum absolute atomic E-state index is 0.124. The van der Waals surface area contributed by atoms with Crippen LogP contribution in [0.4, 0.5) is 11.8 Å². The number of anilines is 2. The molecule has 26 heavy (non-hydrogen) atoms. The summed E-state index contributed by atoms with van der Waals surface area (Å²) in [6.45, 7) is 6.26. The second kappa shape index (κ2) is 6.70. The number of hydrogen-bond donors (Lipinski definition) is 1. The van der Waals surface area contributed by atoms with Crippen molar-refractivity contribution in [1.29, 1.82) is 0 Å². The minimum atomic E-state index is 0.124. The fraction of sp³-hybridized carbons (Fsp3) is 0.684. The molecule has 0 unspecified atom stereocenters. The van der Waals surface area contributed by atoms with Gasteiger partial charge in [0.05, 0.1) is 25.2 Å². The van der Waals surface area contributed by atoms with Crippen molar-refractivity contribution in [2.24, 2.45) is 0 Å². The molecule has 5 rings (SSSR count). The van der Waals surface area contributed by atoms with Crippen LogP contribution in [-0.4, -0.2) is 59.0 Å². The number of aromatic nitrogens is 3. The molecular formula is C19H27N5O2. The van der Waals surface area contributed by atoms with E-state index in [2.05, 4.69) is 14.4 Å². The molecule has 2 fully saturated rings. The van der Waals surface area contributed by atoms with E-state index < -0.39 is 0 Å². The van der Waals surface area contributed by atoms with Crippen molar-refractivity contribution in [3.05, 3.63) is 11.3 Å². The van der Waals surface area contributed by atoms with E-state index in [0.29, 0.717) is 13.2 Å². The third-order valence-electron chi connectivity index (χ3n) is 5.94. The number of fused-ring (bicyclic) bond motifs is 3. The van der Waals surface area contributed by atoms with Gasteiger partial charge in [0, 0.05) is 50.4 Å². The number of ether oxygens (including phenoxy) is 1. The second-order valence-corrected chi connectivity index (χ2v) is 7.54. The number of hydrogen-bond acceptors (Lipinski definition) is 6. The highest BCUT2D eigenvalue weighted by Gasteiger charge is 2.29. The average Bonchev–Trinajstić information content (AvgIpc) is 3.43. The van der Waals surface area contributed by atoms with E-state index >= 15 is 0 Å². The fourth-order valence-corrected chi connectivity index (χ4v) is 4.67. The Morgan fingerprint density at radius 2 is 1.69 bits per heavy atom. The highest BCUT2D eigenvalue weighted by Crippen LogP contribution is 2.37. The molecule has 0 atom stereocenters. The van der Waals surface area contributed by atoms with E-state index in [1.165, 1.54) is 36.9 Å². The van der Waals surface area contributed by atoms with Gasteiger partial charge >= 0.3 is 0 Å². The first kappa shape index (κ1) is 16.3. The number of aliphatic hydroxyl groups excluding tert-OH is 1. The number of rotatable bonds is 4. The van der Waals surface area contributed by atoms with Gasteiger partial charge in [-0.15, -0.1) is 0 Å². The summed E-state index contributed by atoms with van der Waals surface area (Å²) in [6.07, 6.45) is 5.75. The summed E-state index contributed by atoms with van der Waals surface area (Å²) in [4.78, 5) is 14.8. The van der Waals surface area contributed by atoms with Gasteiger partial charge in [0.2, 0.25) is 5.95 Å². The summed E-state index contributed by atoms with van der Waals surface area (Å²) >= 11 is 0.